The first-order valence-corrected chi connectivity index (χ1v) is 9.86. The molecule has 2 aromatic rings. The van der Waals surface area contributed by atoms with Crippen molar-refractivity contribution in [2.45, 2.75) is 84.5 Å². The number of fused-ring (bicyclic) bond motifs is 3. The van der Waals surface area contributed by atoms with Crippen molar-refractivity contribution in [3.8, 4) is 5.75 Å². The van der Waals surface area contributed by atoms with E-state index >= 15 is 0 Å². The lowest BCUT2D eigenvalue weighted by atomic mass is 9.65. The van der Waals surface area contributed by atoms with Crippen LogP contribution in [0.25, 0.3) is 10.9 Å². The van der Waals surface area contributed by atoms with Crippen molar-refractivity contribution in [2.75, 3.05) is 0 Å². The van der Waals surface area contributed by atoms with Gasteiger partial charge < -0.3 is 10.1 Å². The van der Waals surface area contributed by atoms with Gasteiger partial charge in [0.05, 0.1) is 0 Å². The third-order valence-electron chi connectivity index (χ3n) is 6.06. The maximum absolute atomic E-state index is 9.78. The van der Waals surface area contributed by atoms with Crippen molar-refractivity contribution in [3.63, 3.8) is 0 Å². The van der Waals surface area contributed by atoms with Gasteiger partial charge in [-0.2, -0.15) is 0 Å². The first-order chi connectivity index (χ1) is 11.5. The van der Waals surface area contributed by atoms with Crippen LogP contribution >= 0.6 is 0 Å². The Balaban J connectivity index is 1.79. The Hall–Kier alpha value is -1.44. The average molecular weight is 328 g/mol. The van der Waals surface area contributed by atoms with Crippen LogP contribution < -0.4 is 0 Å². The molecule has 1 aliphatic carbocycles. The SMILES string of the molecule is CCCCCCCCC1c2c([nH]c3cc(O)ccc23)CCC1(C)C. The van der Waals surface area contributed by atoms with Crippen LogP contribution in [0.1, 0.15) is 89.3 Å². The number of nitrogens with one attached hydrogen (secondary N) is 1. The fraction of sp³-hybridized carbons (Fsp3) is 0.636. The fourth-order valence-electron chi connectivity index (χ4n) is 4.53. The number of rotatable bonds is 7. The molecule has 24 heavy (non-hydrogen) atoms. The van der Waals surface area contributed by atoms with E-state index in [0.717, 1.165) is 11.9 Å². The molecule has 1 aromatic carbocycles. The number of hydrogen-bond donors (Lipinski definition) is 2. The molecule has 0 bridgehead atoms. The Morgan fingerprint density at radius 1 is 1.12 bits per heavy atom. The number of phenols is 1. The number of unbranched alkanes of at least 4 members (excludes halogenated alkanes) is 5. The normalized spacial score (nSPS) is 19.5. The van der Waals surface area contributed by atoms with Crippen molar-refractivity contribution >= 4 is 10.9 Å². The molecule has 0 aliphatic heterocycles. The van der Waals surface area contributed by atoms with Gasteiger partial charge in [0, 0.05) is 22.7 Å². The van der Waals surface area contributed by atoms with Crippen LogP contribution in [-0.2, 0) is 6.42 Å². The van der Waals surface area contributed by atoms with Gasteiger partial charge in [-0.15, -0.1) is 0 Å². The molecular formula is C22H33NO. The molecule has 0 saturated carbocycles. The quantitative estimate of drug-likeness (QED) is 0.547. The van der Waals surface area contributed by atoms with Gasteiger partial charge in [-0.05, 0) is 48.3 Å². The van der Waals surface area contributed by atoms with E-state index in [9.17, 15) is 5.11 Å². The number of aromatic amines is 1. The summed E-state index contributed by atoms with van der Waals surface area (Å²) in [7, 11) is 0. The maximum atomic E-state index is 9.78. The lowest BCUT2D eigenvalue weighted by Gasteiger charge is -2.39. The molecule has 1 heterocycles. The van der Waals surface area contributed by atoms with E-state index in [0.29, 0.717) is 17.1 Å². The Bertz CT molecular complexity index is 683. The summed E-state index contributed by atoms with van der Waals surface area (Å²) in [5.74, 6) is 0.985. The van der Waals surface area contributed by atoms with Gasteiger partial charge in [0.1, 0.15) is 5.75 Å². The molecule has 1 aliphatic rings. The van der Waals surface area contributed by atoms with Crippen LogP contribution in [0.15, 0.2) is 18.2 Å². The highest BCUT2D eigenvalue weighted by molar-refractivity contribution is 5.86. The van der Waals surface area contributed by atoms with Crippen molar-refractivity contribution in [2.24, 2.45) is 5.41 Å². The summed E-state index contributed by atoms with van der Waals surface area (Å²) in [5, 5.41) is 11.1. The number of hydrogen-bond acceptors (Lipinski definition) is 1. The second kappa shape index (κ2) is 7.21. The number of aromatic hydroxyl groups is 1. The number of aromatic nitrogens is 1. The van der Waals surface area contributed by atoms with E-state index in [1.807, 2.05) is 12.1 Å². The van der Waals surface area contributed by atoms with E-state index in [4.69, 9.17) is 0 Å². The first-order valence-electron chi connectivity index (χ1n) is 9.86. The number of benzene rings is 1. The zero-order chi connectivity index (χ0) is 17.2. The van der Waals surface area contributed by atoms with E-state index in [-0.39, 0.29) is 0 Å². The van der Waals surface area contributed by atoms with Gasteiger partial charge in [0.2, 0.25) is 0 Å². The largest absolute Gasteiger partial charge is 0.508 e. The summed E-state index contributed by atoms with van der Waals surface area (Å²) < 4.78 is 0. The molecule has 132 valence electrons. The molecule has 2 N–H and O–H groups in total. The minimum absolute atomic E-state index is 0.354. The van der Waals surface area contributed by atoms with E-state index in [1.54, 1.807) is 0 Å². The van der Waals surface area contributed by atoms with Crippen LogP contribution in [0.2, 0.25) is 0 Å². The number of aryl methyl sites for hydroxylation is 1. The molecule has 1 atom stereocenters. The van der Waals surface area contributed by atoms with Crippen molar-refractivity contribution < 1.29 is 5.11 Å². The summed E-state index contributed by atoms with van der Waals surface area (Å²) >= 11 is 0. The second-order valence-electron chi connectivity index (χ2n) is 8.34. The standard InChI is InChI=1S/C22H33NO/c1-4-5-6-7-8-9-10-18-21-17-12-11-16(24)15-20(17)23-19(21)13-14-22(18,2)3/h11-12,15,18,23-24H,4-10,13-14H2,1-3H3. The van der Waals surface area contributed by atoms with Crippen LogP contribution in [0.4, 0.5) is 0 Å². The Morgan fingerprint density at radius 3 is 2.67 bits per heavy atom. The van der Waals surface area contributed by atoms with Crippen molar-refractivity contribution in [3.05, 3.63) is 29.5 Å². The molecule has 2 heteroatoms. The van der Waals surface area contributed by atoms with Gasteiger partial charge in [0.25, 0.3) is 0 Å². The summed E-state index contributed by atoms with van der Waals surface area (Å²) in [4.78, 5) is 3.58. The summed E-state index contributed by atoms with van der Waals surface area (Å²) in [6.45, 7) is 7.16. The molecule has 1 unspecified atom stereocenters. The van der Waals surface area contributed by atoms with E-state index in [2.05, 4.69) is 31.8 Å². The molecule has 0 fully saturated rings. The smallest absolute Gasteiger partial charge is 0.117 e. The van der Waals surface area contributed by atoms with Crippen LogP contribution in [0.5, 0.6) is 5.75 Å². The molecular weight excluding hydrogens is 294 g/mol. The monoisotopic (exact) mass is 327 g/mol. The second-order valence-corrected chi connectivity index (χ2v) is 8.34. The summed E-state index contributed by atoms with van der Waals surface area (Å²) in [6, 6.07) is 5.82. The van der Waals surface area contributed by atoms with Crippen LogP contribution in [0.3, 0.4) is 0 Å². The lowest BCUT2D eigenvalue weighted by molar-refractivity contribution is 0.229. The Labute approximate surface area is 146 Å². The van der Waals surface area contributed by atoms with Gasteiger partial charge in [-0.25, -0.2) is 0 Å². The van der Waals surface area contributed by atoms with Crippen molar-refractivity contribution in [1.82, 2.24) is 4.98 Å². The Morgan fingerprint density at radius 2 is 1.88 bits per heavy atom. The van der Waals surface area contributed by atoms with Gasteiger partial charge in [0.15, 0.2) is 0 Å². The van der Waals surface area contributed by atoms with Gasteiger partial charge >= 0.3 is 0 Å². The topological polar surface area (TPSA) is 36.0 Å². The zero-order valence-electron chi connectivity index (χ0n) is 15.6. The summed E-state index contributed by atoms with van der Waals surface area (Å²) in [6.07, 6.45) is 11.8. The summed E-state index contributed by atoms with van der Waals surface area (Å²) in [5.41, 5.74) is 4.41. The lowest BCUT2D eigenvalue weighted by Crippen LogP contribution is -2.28. The fourth-order valence-corrected chi connectivity index (χ4v) is 4.53. The zero-order valence-corrected chi connectivity index (χ0v) is 15.6. The first kappa shape index (κ1) is 17.4. The highest BCUT2D eigenvalue weighted by Crippen LogP contribution is 2.50. The van der Waals surface area contributed by atoms with E-state index < -0.39 is 0 Å². The van der Waals surface area contributed by atoms with Crippen molar-refractivity contribution in [1.29, 1.82) is 0 Å². The molecule has 1 aromatic heterocycles. The predicted octanol–water partition coefficient (Wildman–Crippen LogP) is 6.68. The van der Waals surface area contributed by atoms with Crippen LogP contribution in [-0.4, -0.2) is 10.1 Å². The number of H-pyrrole nitrogens is 1. The maximum Gasteiger partial charge on any atom is 0.117 e. The molecule has 0 spiro atoms. The third-order valence-corrected chi connectivity index (χ3v) is 6.06. The highest BCUT2D eigenvalue weighted by Gasteiger charge is 2.37. The van der Waals surface area contributed by atoms with Crippen LogP contribution in [0, 0.1) is 5.41 Å². The number of phenolic OH excluding ortho intramolecular Hbond substituents is 1. The molecule has 0 saturated heterocycles. The predicted molar refractivity (Wildman–Crippen MR) is 103 cm³/mol. The Kier molecular flexibility index (Phi) is 5.22. The van der Waals surface area contributed by atoms with Gasteiger partial charge in [-0.1, -0.05) is 59.3 Å². The molecule has 0 amide bonds. The highest BCUT2D eigenvalue weighted by atomic mass is 16.3. The minimum Gasteiger partial charge on any atom is -0.508 e. The average Bonchev–Trinajstić information content (AvgIpc) is 2.89. The van der Waals surface area contributed by atoms with E-state index in [1.165, 1.54) is 68.0 Å². The molecule has 0 radical (unpaired) electrons. The minimum atomic E-state index is 0.354. The van der Waals surface area contributed by atoms with Gasteiger partial charge in [-0.3, -0.25) is 0 Å². The third kappa shape index (κ3) is 3.48. The molecule has 2 nitrogen and oxygen atoms in total. The molecule has 3 rings (SSSR count).